The molecule has 2 aliphatic heterocycles. The molecular weight excluding hydrogens is 314 g/mol. The number of hydrogen-bond donors (Lipinski definition) is 0. The summed E-state index contributed by atoms with van der Waals surface area (Å²) in [5, 5.41) is 0. The van der Waals surface area contributed by atoms with Crippen molar-refractivity contribution in [3.05, 3.63) is 35.6 Å². The van der Waals surface area contributed by atoms with Crippen LogP contribution in [0.2, 0.25) is 0 Å². The van der Waals surface area contributed by atoms with E-state index in [1.807, 2.05) is 32.9 Å². The van der Waals surface area contributed by atoms with Crippen molar-refractivity contribution in [3.8, 4) is 0 Å². The van der Waals surface area contributed by atoms with Crippen LogP contribution < -0.4 is 0 Å². The van der Waals surface area contributed by atoms with Crippen LogP contribution in [0.15, 0.2) is 24.5 Å². The Morgan fingerprint density at radius 3 is 2.32 bits per heavy atom. The van der Waals surface area contributed by atoms with E-state index in [1.165, 1.54) is 4.70 Å². The largest absolute Gasteiger partial charge is 0.505 e. The number of nitrogens with zero attached hydrogens (tertiary/aromatic N) is 3. The fourth-order valence-electron chi connectivity index (χ4n) is 5.40. The molecule has 2 saturated heterocycles. The fraction of sp³-hybridized carbons (Fsp3) is 0.700. The summed E-state index contributed by atoms with van der Waals surface area (Å²) in [4.78, 5) is 17.3. The van der Waals surface area contributed by atoms with Crippen molar-refractivity contribution in [2.45, 2.75) is 82.4 Å². The molecule has 5 heteroatoms. The molecule has 1 atom stereocenters. The number of carbonyl (C=O) groups excluding carboxylic acids is 1. The quantitative estimate of drug-likeness (QED) is 0.599. The zero-order chi connectivity index (χ0) is 17.9. The minimum absolute atomic E-state index is 0.172. The Bertz CT molecular complexity index is 714. The summed E-state index contributed by atoms with van der Waals surface area (Å²) < 4.78 is 7.18. The number of aromatic nitrogens is 1. The Morgan fingerprint density at radius 2 is 1.72 bits per heavy atom. The Morgan fingerprint density at radius 1 is 1.12 bits per heavy atom. The van der Waals surface area contributed by atoms with Gasteiger partial charge in [0.25, 0.3) is 0 Å². The van der Waals surface area contributed by atoms with Gasteiger partial charge in [0.15, 0.2) is 5.54 Å². The van der Waals surface area contributed by atoms with Gasteiger partial charge < -0.3 is 10.3 Å². The van der Waals surface area contributed by atoms with Crippen LogP contribution in [-0.4, -0.2) is 26.8 Å². The monoisotopic (exact) mass is 341 g/mol. The van der Waals surface area contributed by atoms with Crippen molar-refractivity contribution in [2.24, 2.45) is 5.41 Å². The lowest BCUT2D eigenvalue weighted by atomic mass is 9.65. The maximum Gasteiger partial charge on any atom is 0.378 e. The SMILES string of the molecule is CC(C)(C)OC(=O)C12CCC3(CCC(c4ccncc4)(CC3)[N+]1=[N-])C2. The summed E-state index contributed by atoms with van der Waals surface area (Å²) in [5.74, 6) is -0.272. The Labute approximate surface area is 149 Å². The van der Waals surface area contributed by atoms with E-state index < -0.39 is 16.7 Å². The van der Waals surface area contributed by atoms with Gasteiger partial charge in [0.05, 0.1) is 0 Å². The zero-order valence-corrected chi connectivity index (χ0v) is 15.4. The number of pyridine rings is 1. The predicted molar refractivity (Wildman–Crippen MR) is 92.9 cm³/mol. The molecule has 3 bridgehead atoms. The number of hydrogen-bond acceptors (Lipinski definition) is 3. The Hall–Kier alpha value is -1.78. The smallest absolute Gasteiger partial charge is 0.378 e. The molecule has 1 spiro atoms. The van der Waals surface area contributed by atoms with Crippen LogP contribution >= 0.6 is 0 Å². The molecule has 3 heterocycles. The zero-order valence-electron chi connectivity index (χ0n) is 15.4. The summed E-state index contributed by atoms with van der Waals surface area (Å²) >= 11 is 0. The minimum Gasteiger partial charge on any atom is -0.505 e. The first-order chi connectivity index (χ1) is 11.7. The topological polar surface area (TPSA) is 64.5 Å². The van der Waals surface area contributed by atoms with Crippen LogP contribution in [0, 0.1) is 5.41 Å². The van der Waals surface area contributed by atoms with Crippen molar-refractivity contribution in [3.63, 3.8) is 0 Å². The number of carbonyl (C=O) groups is 1. The van der Waals surface area contributed by atoms with Crippen molar-refractivity contribution in [1.82, 2.24) is 4.98 Å². The van der Waals surface area contributed by atoms with E-state index in [0.717, 1.165) is 37.7 Å². The minimum atomic E-state index is -0.927. The summed E-state index contributed by atoms with van der Waals surface area (Å²) in [5.41, 5.74) is 10.7. The van der Waals surface area contributed by atoms with Gasteiger partial charge in [-0.05, 0) is 57.6 Å². The average molecular weight is 341 g/mol. The Balaban J connectivity index is 1.81. The van der Waals surface area contributed by atoms with Gasteiger partial charge in [-0.2, -0.15) is 0 Å². The van der Waals surface area contributed by atoms with E-state index in [0.29, 0.717) is 12.8 Å². The standard InChI is InChI=1S/C20H27N3O2/c1-17(2,3)25-16(24)20-11-8-18(14-20)6-9-19(10-7-18,23(20)21)15-4-12-22-13-5-15/h4-5,12-13H,6-11,14H2,1-3H3. The van der Waals surface area contributed by atoms with Gasteiger partial charge in [-0.15, -0.1) is 0 Å². The second-order valence-corrected chi connectivity index (χ2v) is 9.29. The van der Waals surface area contributed by atoms with Gasteiger partial charge in [0.2, 0.25) is 5.54 Å². The third kappa shape index (κ3) is 2.35. The Kier molecular flexibility index (Phi) is 3.41. The maximum atomic E-state index is 13.2. The van der Waals surface area contributed by atoms with Gasteiger partial charge in [0.1, 0.15) is 5.60 Å². The highest BCUT2D eigenvalue weighted by molar-refractivity contribution is 5.80. The van der Waals surface area contributed by atoms with E-state index >= 15 is 0 Å². The molecule has 2 saturated carbocycles. The highest BCUT2D eigenvalue weighted by Gasteiger charge is 2.69. The summed E-state index contributed by atoms with van der Waals surface area (Å²) in [6.07, 6.45) is 9.76. The maximum absolute atomic E-state index is 13.2. The van der Waals surface area contributed by atoms with Crippen LogP contribution in [0.3, 0.4) is 0 Å². The first kappa shape index (κ1) is 16.7. The van der Waals surface area contributed by atoms with Crippen molar-refractivity contribution in [1.29, 1.82) is 0 Å². The highest BCUT2D eigenvalue weighted by Crippen LogP contribution is 2.63. The van der Waals surface area contributed by atoms with Gasteiger partial charge in [-0.1, -0.05) is 0 Å². The molecular formula is C20H27N3O2. The lowest BCUT2D eigenvalue weighted by Gasteiger charge is -2.44. The second-order valence-electron chi connectivity index (χ2n) is 9.29. The van der Waals surface area contributed by atoms with Crippen molar-refractivity contribution >= 4 is 5.97 Å². The number of esters is 1. The molecule has 0 N–H and O–H groups in total. The van der Waals surface area contributed by atoms with E-state index in [9.17, 15) is 10.3 Å². The molecule has 0 radical (unpaired) electrons. The second kappa shape index (κ2) is 5.12. The molecule has 0 aromatic carbocycles. The molecule has 1 unspecified atom stereocenters. The number of rotatable bonds is 2. The summed E-state index contributed by atoms with van der Waals surface area (Å²) in [6.45, 7) is 5.66. The molecule has 1 aromatic rings. The van der Waals surface area contributed by atoms with Crippen molar-refractivity contribution in [2.75, 3.05) is 0 Å². The van der Waals surface area contributed by atoms with E-state index in [2.05, 4.69) is 4.98 Å². The normalized spacial score (nSPS) is 37.0. The fourth-order valence-corrected chi connectivity index (χ4v) is 5.40. The van der Waals surface area contributed by atoms with Gasteiger partial charge >= 0.3 is 5.97 Å². The summed E-state index contributed by atoms with van der Waals surface area (Å²) in [6, 6.07) is 3.95. The van der Waals surface area contributed by atoms with E-state index in [1.54, 1.807) is 12.4 Å². The first-order valence-corrected chi connectivity index (χ1v) is 9.35. The highest BCUT2D eigenvalue weighted by atomic mass is 16.6. The van der Waals surface area contributed by atoms with Crippen LogP contribution in [-0.2, 0) is 15.1 Å². The molecule has 5 rings (SSSR count). The van der Waals surface area contributed by atoms with Crippen LogP contribution in [0.4, 0.5) is 0 Å². The molecule has 0 amide bonds. The van der Waals surface area contributed by atoms with Crippen LogP contribution in [0.1, 0.15) is 71.3 Å². The van der Waals surface area contributed by atoms with Crippen LogP contribution in [0.25, 0.3) is 5.53 Å². The number of ether oxygens (including phenoxy) is 1. The van der Waals surface area contributed by atoms with Gasteiger partial charge in [-0.25, -0.2) is 4.79 Å². The lowest BCUT2D eigenvalue weighted by Crippen LogP contribution is -2.55. The van der Waals surface area contributed by atoms with E-state index in [-0.39, 0.29) is 11.4 Å². The van der Waals surface area contributed by atoms with E-state index in [4.69, 9.17) is 4.74 Å². The molecule has 134 valence electrons. The predicted octanol–water partition coefficient (Wildman–Crippen LogP) is 4.15. The number of fused-ring (bicyclic) bond motifs is 2. The van der Waals surface area contributed by atoms with Crippen molar-refractivity contribution < 1.29 is 14.2 Å². The molecule has 1 aromatic heterocycles. The molecule has 4 aliphatic rings. The average Bonchev–Trinajstić information content (AvgIpc) is 2.86. The molecule has 25 heavy (non-hydrogen) atoms. The van der Waals surface area contributed by atoms with Gasteiger partial charge in [-0.3, -0.25) is 9.68 Å². The van der Waals surface area contributed by atoms with Gasteiger partial charge in [0, 0.05) is 43.6 Å². The third-order valence-corrected chi connectivity index (χ3v) is 6.68. The lowest BCUT2D eigenvalue weighted by molar-refractivity contribution is -0.690. The summed E-state index contributed by atoms with van der Waals surface area (Å²) in [7, 11) is 0. The molecule has 5 nitrogen and oxygen atoms in total. The molecule has 2 aliphatic carbocycles. The molecule has 4 fully saturated rings. The third-order valence-electron chi connectivity index (χ3n) is 6.68. The van der Waals surface area contributed by atoms with Crippen LogP contribution in [0.5, 0.6) is 0 Å². The first-order valence-electron chi connectivity index (χ1n) is 9.35.